The molecule has 0 aliphatic carbocycles. The number of methoxy groups -OCH3 is 1. The van der Waals surface area contributed by atoms with E-state index in [1.165, 1.54) is 26.4 Å². The van der Waals surface area contributed by atoms with Crippen LogP contribution >= 0.6 is 0 Å². The second-order valence-electron chi connectivity index (χ2n) is 5.24. The number of ether oxygens (including phenoxy) is 1. The van der Waals surface area contributed by atoms with Gasteiger partial charge in [0.15, 0.2) is 0 Å². The zero-order valence-corrected chi connectivity index (χ0v) is 10.8. The minimum atomic E-state index is -0.0238. The van der Waals surface area contributed by atoms with Crippen LogP contribution in [0, 0.1) is 11.8 Å². The van der Waals surface area contributed by atoms with Crippen LogP contribution in [-0.2, 0) is 9.53 Å². The smallest absolute Gasteiger partial charge is 0.310 e. The normalized spacial score (nSPS) is 27.9. The number of carbonyl (C=O) groups excluding carboxylic acids is 1. The van der Waals surface area contributed by atoms with Crippen molar-refractivity contribution in [2.45, 2.75) is 25.7 Å². The van der Waals surface area contributed by atoms with Crippen molar-refractivity contribution in [3.63, 3.8) is 0 Å². The Morgan fingerprint density at radius 1 is 1.41 bits per heavy atom. The highest BCUT2D eigenvalue weighted by Crippen LogP contribution is 2.23. The van der Waals surface area contributed by atoms with Crippen molar-refractivity contribution in [1.29, 1.82) is 0 Å². The minimum absolute atomic E-state index is 0.0238. The van der Waals surface area contributed by atoms with Crippen molar-refractivity contribution in [3.8, 4) is 0 Å². The van der Waals surface area contributed by atoms with Crippen LogP contribution in [0.5, 0.6) is 0 Å². The van der Waals surface area contributed by atoms with Crippen LogP contribution in [0.25, 0.3) is 0 Å². The van der Waals surface area contributed by atoms with Gasteiger partial charge in [0.1, 0.15) is 0 Å². The number of esters is 1. The predicted molar refractivity (Wildman–Crippen MR) is 66.8 cm³/mol. The number of likely N-dealkylation sites (tertiary alicyclic amines) is 1. The summed E-state index contributed by atoms with van der Waals surface area (Å²) in [7, 11) is 1.51. The van der Waals surface area contributed by atoms with E-state index >= 15 is 0 Å². The summed E-state index contributed by atoms with van der Waals surface area (Å²) in [6.45, 7) is 5.19. The van der Waals surface area contributed by atoms with Crippen LogP contribution in [0.15, 0.2) is 0 Å². The quantitative estimate of drug-likeness (QED) is 0.740. The molecule has 0 aromatic heterocycles. The summed E-state index contributed by atoms with van der Waals surface area (Å²) >= 11 is 0. The van der Waals surface area contributed by atoms with E-state index in [1.54, 1.807) is 0 Å². The van der Waals surface area contributed by atoms with Crippen molar-refractivity contribution < 1.29 is 9.53 Å². The third kappa shape index (κ3) is 3.42. The van der Waals surface area contributed by atoms with E-state index in [-0.39, 0.29) is 11.9 Å². The second kappa shape index (κ2) is 6.36. The molecule has 2 rings (SSSR count). The Labute approximate surface area is 104 Å². The first kappa shape index (κ1) is 12.8. The Balaban J connectivity index is 1.91. The number of hydrogen-bond donors (Lipinski definition) is 1. The average Bonchev–Trinajstić information content (AvgIpc) is 2.90. The van der Waals surface area contributed by atoms with Crippen LogP contribution in [0.2, 0.25) is 0 Å². The molecule has 2 heterocycles. The SMILES string of the molecule is COC(=O)C(CN1CCCCC1)C1CCNC1. The molecular weight excluding hydrogens is 216 g/mol. The molecule has 98 valence electrons. The summed E-state index contributed by atoms with van der Waals surface area (Å²) in [6.07, 6.45) is 4.99. The molecule has 17 heavy (non-hydrogen) atoms. The molecule has 2 atom stereocenters. The standard InChI is InChI=1S/C13H24N2O2/c1-17-13(16)12(11-5-6-14-9-11)10-15-7-3-2-4-8-15/h11-12,14H,2-10H2,1H3. The Morgan fingerprint density at radius 2 is 2.18 bits per heavy atom. The molecule has 0 aromatic carbocycles. The van der Waals surface area contributed by atoms with Gasteiger partial charge >= 0.3 is 5.97 Å². The first-order chi connectivity index (χ1) is 8.31. The summed E-state index contributed by atoms with van der Waals surface area (Å²) in [5.41, 5.74) is 0. The molecule has 2 fully saturated rings. The maximum Gasteiger partial charge on any atom is 0.310 e. The first-order valence-electron chi connectivity index (χ1n) is 6.82. The van der Waals surface area contributed by atoms with Crippen LogP contribution < -0.4 is 5.32 Å². The topological polar surface area (TPSA) is 41.6 Å². The Bertz CT molecular complexity index is 246. The summed E-state index contributed by atoms with van der Waals surface area (Å²) in [5, 5.41) is 3.34. The zero-order chi connectivity index (χ0) is 12.1. The molecule has 2 aliphatic rings. The molecule has 2 aliphatic heterocycles. The summed E-state index contributed by atoms with van der Waals surface area (Å²) in [6, 6.07) is 0. The lowest BCUT2D eigenvalue weighted by atomic mass is 9.90. The van der Waals surface area contributed by atoms with Gasteiger partial charge in [0, 0.05) is 6.54 Å². The Morgan fingerprint density at radius 3 is 2.76 bits per heavy atom. The first-order valence-corrected chi connectivity index (χ1v) is 6.82. The van der Waals surface area contributed by atoms with E-state index in [0.717, 1.165) is 39.1 Å². The van der Waals surface area contributed by atoms with E-state index in [9.17, 15) is 4.79 Å². The van der Waals surface area contributed by atoms with Crippen molar-refractivity contribution in [2.75, 3.05) is 39.8 Å². The fourth-order valence-corrected chi connectivity index (χ4v) is 3.01. The van der Waals surface area contributed by atoms with Gasteiger partial charge < -0.3 is 15.0 Å². The number of piperidine rings is 1. The van der Waals surface area contributed by atoms with Gasteiger partial charge in [-0.1, -0.05) is 6.42 Å². The van der Waals surface area contributed by atoms with Gasteiger partial charge in [-0.3, -0.25) is 4.79 Å². The predicted octanol–water partition coefficient (Wildman–Crippen LogP) is 0.871. The van der Waals surface area contributed by atoms with Crippen LogP contribution in [0.4, 0.5) is 0 Å². The molecule has 4 heteroatoms. The van der Waals surface area contributed by atoms with Crippen molar-refractivity contribution in [1.82, 2.24) is 10.2 Å². The zero-order valence-electron chi connectivity index (χ0n) is 10.8. The molecule has 4 nitrogen and oxygen atoms in total. The Kier molecular flexibility index (Phi) is 4.80. The lowest BCUT2D eigenvalue weighted by Gasteiger charge is -2.31. The largest absolute Gasteiger partial charge is 0.469 e. The van der Waals surface area contributed by atoms with Gasteiger partial charge in [0.25, 0.3) is 0 Å². The lowest BCUT2D eigenvalue weighted by molar-refractivity contribution is -0.148. The number of nitrogens with one attached hydrogen (secondary N) is 1. The summed E-state index contributed by atoms with van der Waals surface area (Å²) in [5.74, 6) is 0.502. The molecule has 0 aromatic rings. The van der Waals surface area contributed by atoms with Gasteiger partial charge in [0.05, 0.1) is 13.0 Å². The van der Waals surface area contributed by atoms with E-state index in [0.29, 0.717) is 5.92 Å². The monoisotopic (exact) mass is 240 g/mol. The summed E-state index contributed by atoms with van der Waals surface area (Å²) in [4.78, 5) is 14.3. The van der Waals surface area contributed by atoms with E-state index < -0.39 is 0 Å². The average molecular weight is 240 g/mol. The molecule has 0 radical (unpaired) electrons. The lowest BCUT2D eigenvalue weighted by Crippen LogP contribution is -2.40. The van der Waals surface area contributed by atoms with Crippen LogP contribution in [0.3, 0.4) is 0 Å². The maximum atomic E-state index is 11.9. The van der Waals surface area contributed by atoms with Crippen molar-refractivity contribution in [3.05, 3.63) is 0 Å². The van der Waals surface area contributed by atoms with Gasteiger partial charge in [-0.2, -0.15) is 0 Å². The molecular formula is C13H24N2O2. The fraction of sp³-hybridized carbons (Fsp3) is 0.923. The van der Waals surface area contributed by atoms with Gasteiger partial charge in [0.2, 0.25) is 0 Å². The minimum Gasteiger partial charge on any atom is -0.469 e. The highest BCUT2D eigenvalue weighted by Gasteiger charge is 2.33. The van der Waals surface area contributed by atoms with Gasteiger partial charge in [-0.05, 0) is 51.4 Å². The third-order valence-electron chi connectivity index (χ3n) is 4.07. The molecule has 0 amide bonds. The van der Waals surface area contributed by atoms with E-state index in [1.807, 2.05) is 0 Å². The Hall–Kier alpha value is -0.610. The van der Waals surface area contributed by atoms with Gasteiger partial charge in [-0.25, -0.2) is 0 Å². The molecule has 0 spiro atoms. The summed E-state index contributed by atoms with van der Waals surface area (Å²) < 4.78 is 4.97. The van der Waals surface area contributed by atoms with Gasteiger partial charge in [-0.15, -0.1) is 0 Å². The third-order valence-corrected chi connectivity index (χ3v) is 4.07. The maximum absolute atomic E-state index is 11.9. The highest BCUT2D eigenvalue weighted by atomic mass is 16.5. The van der Waals surface area contributed by atoms with E-state index in [2.05, 4.69) is 10.2 Å². The number of hydrogen-bond acceptors (Lipinski definition) is 4. The van der Waals surface area contributed by atoms with Crippen molar-refractivity contribution >= 4 is 5.97 Å². The second-order valence-corrected chi connectivity index (χ2v) is 5.24. The highest BCUT2D eigenvalue weighted by molar-refractivity contribution is 5.73. The number of nitrogens with zero attached hydrogens (tertiary/aromatic N) is 1. The van der Waals surface area contributed by atoms with Crippen LogP contribution in [0.1, 0.15) is 25.7 Å². The number of rotatable bonds is 4. The van der Waals surface area contributed by atoms with E-state index in [4.69, 9.17) is 4.74 Å². The molecule has 1 N–H and O–H groups in total. The van der Waals surface area contributed by atoms with Crippen LogP contribution in [-0.4, -0.2) is 50.7 Å². The number of carbonyl (C=O) groups is 1. The molecule has 0 bridgehead atoms. The molecule has 2 saturated heterocycles. The molecule has 0 saturated carbocycles. The molecule has 2 unspecified atom stereocenters. The van der Waals surface area contributed by atoms with Crippen molar-refractivity contribution in [2.24, 2.45) is 11.8 Å². The fourth-order valence-electron chi connectivity index (χ4n) is 3.01.